The number of aromatic nitrogens is 3. The van der Waals surface area contributed by atoms with Crippen LogP contribution in [0.1, 0.15) is 29.3 Å². The molecule has 1 aromatic carbocycles. The summed E-state index contributed by atoms with van der Waals surface area (Å²) in [5.74, 6) is -0.281. The molecule has 0 atom stereocenters. The molecule has 2 heterocycles. The monoisotopic (exact) mass is 383 g/mol. The molecule has 0 amide bonds. The summed E-state index contributed by atoms with van der Waals surface area (Å²) in [6.07, 6.45) is 5.57. The van der Waals surface area contributed by atoms with Gasteiger partial charge in [-0.05, 0) is 38.5 Å². The Morgan fingerprint density at radius 3 is 3.00 bits per heavy atom. The molecule has 0 aliphatic rings. The molecule has 0 bridgehead atoms. The normalized spacial score (nSPS) is 11.1. The second kappa shape index (κ2) is 8.59. The van der Waals surface area contributed by atoms with E-state index in [0.29, 0.717) is 17.4 Å². The van der Waals surface area contributed by atoms with Crippen LogP contribution in [0, 0.1) is 13.8 Å². The van der Waals surface area contributed by atoms with Crippen molar-refractivity contribution in [3.63, 3.8) is 0 Å². The van der Waals surface area contributed by atoms with E-state index in [0.717, 1.165) is 22.4 Å². The van der Waals surface area contributed by atoms with Gasteiger partial charge >= 0.3 is 5.97 Å². The van der Waals surface area contributed by atoms with Crippen LogP contribution in [0.2, 0.25) is 0 Å². The summed E-state index contributed by atoms with van der Waals surface area (Å²) in [5.41, 5.74) is 7.79. The van der Waals surface area contributed by atoms with Crippen molar-refractivity contribution in [1.29, 1.82) is 0 Å². The lowest BCUT2D eigenvalue weighted by atomic mass is 10.0. The smallest absolute Gasteiger partial charge is 0.311 e. The predicted molar refractivity (Wildman–Crippen MR) is 107 cm³/mol. The lowest BCUT2D eigenvalue weighted by Crippen LogP contribution is -2.07. The van der Waals surface area contributed by atoms with Crippen LogP contribution in [0.4, 0.5) is 5.13 Å². The van der Waals surface area contributed by atoms with Gasteiger partial charge in [0.25, 0.3) is 0 Å². The maximum atomic E-state index is 11.5. The van der Waals surface area contributed by atoms with E-state index in [1.165, 1.54) is 11.3 Å². The average molecular weight is 383 g/mol. The number of hydrazone groups is 1. The lowest BCUT2D eigenvalue weighted by molar-refractivity contribution is -0.142. The van der Waals surface area contributed by atoms with Crippen LogP contribution in [0.15, 0.2) is 41.1 Å². The highest BCUT2D eigenvalue weighted by molar-refractivity contribution is 7.13. The molecular formula is C19H21N5O2S. The first-order chi connectivity index (χ1) is 13.1. The van der Waals surface area contributed by atoms with Gasteiger partial charge in [0, 0.05) is 23.3 Å². The third-order valence-corrected chi connectivity index (χ3v) is 4.55. The van der Waals surface area contributed by atoms with Crippen molar-refractivity contribution in [2.75, 3.05) is 12.0 Å². The van der Waals surface area contributed by atoms with Gasteiger partial charge < -0.3 is 4.74 Å². The van der Waals surface area contributed by atoms with Crippen LogP contribution >= 0.6 is 11.3 Å². The van der Waals surface area contributed by atoms with E-state index in [1.807, 2.05) is 29.2 Å². The van der Waals surface area contributed by atoms with Gasteiger partial charge in [-0.15, -0.1) is 11.3 Å². The van der Waals surface area contributed by atoms with Crippen molar-refractivity contribution in [3.05, 3.63) is 58.4 Å². The molecule has 3 rings (SSSR count). The van der Waals surface area contributed by atoms with E-state index in [-0.39, 0.29) is 12.4 Å². The van der Waals surface area contributed by atoms with Crippen LogP contribution < -0.4 is 5.43 Å². The molecule has 2 aromatic heterocycles. The largest absolute Gasteiger partial charge is 0.466 e. The van der Waals surface area contributed by atoms with Crippen LogP contribution in [-0.4, -0.2) is 33.6 Å². The fourth-order valence-electron chi connectivity index (χ4n) is 2.76. The number of benzene rings is 1. The van der Waals surface area contributed by atoms with Gasteiger partial charge in [0.2, 0.25) is 5.13 Å². The Hall–Kier alpha value is -3.00. The first kappa shape index (κ1) is 18.8. The van der Waals surface area contributed by atoms with Gasteiger partial charge in [-0.1, -0.05) is 11.6 Å². The molecular weight excluding hydrogens is 362 g/mol. The standard InChI is InChI=1S/C19H21N5O2S/c1-4-26-17(25)10-16-12-27-19(22-16)23-20-11-15-9-13(2)8-14(3)18(15)24-7-5-6-21-24/h5-9,11-12H,4,10H2,1-3H3,(H,22,23). The first-order valence-electron chi connectivity index (χ1n) is 8.57. The van der Waals surface area contributed by atoms with Crippen LogP contribution in [0.3, 0.4) is 0 Å². The molecule has 27 heavy (non-hydrogen) atoms. The third-order valence-electron chi connectivity index (χ3n) is 3.75. The number of carbonyl (C=O) groups is 1. The highest BCUT2D eigenvalue weighted by atomic mass is 32.1. The molecule has 8 heteroatoms. The fourth-order valence-corrected chi connectivity index (χ4v) is 3.42. The number of thiazole rings is 1. The van der Waals surface area contributed by atoms with Crippen LogP contribution in [0.5, 0.6) is 0 Å². The van der Waals surface area contributed by atoms with Crippen molar-refractivity contribution in [1.82, 2.24) is 14.8 Å². The maximum Gasteiger partial charge on any atom is 0.311 e. The molecule has 0 fully saturated rings. The zero-order valence-corrected chi connectivity index (χ0v) is 16.3. The van der Waals surface area contributed by atoms with Gasteiger partial charge in [0.1, 0.15) is 0 Å². The number of nitrogens with zero attached hydrogens (tertiary/aromatic N) is 4. The van der Waals surface area contributed by atoms with Gasteiger partial charge in [0.15, 0.2) is 0 Å². The van der Waals surface area contributed by atoms with Crippen molar-refractivity contribution in [2.45, 2.75) is 27.2 Å². The van der Waals surface area contributed by atoms with Crippen LogP contribution in [-0.2, 0) is 16.0 Å². The zero-order valence-electron chi connectivity index (χ0n) is 15.5. The molecule has 0 unspecified atom stereocenters. The summed E-state index contributed by atoms with van der Waals surface area (Å²) < 4.78 is 6.76. The summed E-state index contributed by atoms with van der Waals surface area (Å²) >= 11 is 1.39. The highest BCUT2D eigenvalue weighted by Crippen LogP contribution is 2.20. The van der Waals surface area contributed by atoms with Gasteiger partial charge in [-0.3, -0.25) is 10.2 Å². The Bertz CT molecular complexity index is 947. The van der Waals surface area contributed by atoms with E-state index in [9.17, 15) is 4.79 Å². The maximum absolute atomic E-state index is 11.5. The molecule has 0 aliphatic carbocycles. The molecule has 7 nitrogen and oxygen atoms in total. The predicted octanol–water partition coefficient (Wildman–Crippen LogP) is 3.50. The summed E-state index contributed by atoms with van der Waals surface area (Å²) in [6.45, 7) is 6.25. The zero-order chi connectivity index (χ0) is 19.2. The Kier molecular flexibility index (Phi) is 5.97. The van der Waals surface area contributed by atoms with Crippen molar-refractivity contribution >= 4 is 28.7 Å². The number of nitrogens with one attached hydrogen (secondary N) is 1. The van der Waals surface area contributed by atoms with Gasteiger partial charge in [0.05, 0.1) is 30.6 Å². The highest BCUT2D eigenvalue weighted by Gasteiger charge is 2.09. The molecule has 0 aliphatic heterocycles. The molecule has 0 radical (unpaired) electrons. The first-order valence-corrected chi connectivity index (χ1v) is 9.45. The SMILES string of the molecule is CCOC(=O)Cc1csc(NN=Cc2cc(C)cc(C)c2-n2cccn2)n1. The minimum Gasteiger partial charge on any atom is -0.466 e. The summed E-state index contributed by atoms with van der Waals surface area (Å²) in [7, 11) is 0. The van der Waals surface area contributed by atoms with E-state index >= 15 is 0 Å². The van der Waals surface area contributed by atoms with Gasteiger partial charge in [-0.2, -0.15) is 10.2 Å². The summed E-state index contributed by atoms with van der Waals surface area (Å²) in [5, 5.41) is 11.1. The summed E-state index contributed by atoms with van der Waals surface area (Å²) in [4.78, 5) is 15.9. The van der Waals surface area contributed by atoms with E-state index in [1.54, 1.807) is 19.3 Å². The number of carbonyl (C=O) groups excluding carboxylic acids is 1. The fraction of sp³-hybridized carbons (Fsp3) is 0.263. The minimum atomic E-state index is -0.281. The number of aryl methyl sites for hydroxylation is 2. The molecule has 0 saturated carbocycles. The van der Waals surface area contributed by atoms with Crippen molar-refractivity contribution in [2.24, 2.45) is 5.10 Å². The number of hydrogen-bond acceptors (Lipinski definition) is 7. The number of anilines is 1. The van der Waals surface area contributed by atoms with E-state index in [4.69, 9.17) is 4.74 Å². The van der Waals surface area contributed by atoms with E-state index in [2.05, 4.69) is 39.7 Å². The van der Waals surface area contributed by atoms with Crippen molar-refractivity contribution in [3.8, 4) is 5.69 Å². The number of ether oxygens (including phenoxy) is 1. The number of hydrogen-bond donors (Lipinski definition) is 1. The second-order valence-electron chi connectivity index (χ2n) is 5.97. The Morgan fingerprint density at radius 2 is 2.26 bits per heavy atom. The quantitative estimate of drug-likeness (QED) is 0.384. The lowest BCUT2D eigenvalue weighted by Gasteiger charge is -2.11. The molecule has 0 saturated heterocycles. The Morgan fingerprint density at radius 1 is 1.41 bits per heavy atom. The minimum absolute atomic E-state index is 0.163. The van der Waals surface area contributed by atoms with Crippen LogP contribution in [0.25, 0.3) is 5.69 Å². The van der Waals surface area contributed by atoms with Crippen molar-refractivity contribution < 1.29 is 9.53 Å². The molecule has 0 spiro atoms. The molecule has 1 N–H and O–H groups in total. The average Bonchev–Trinajstić information content (AvgIpc) is 3.27. The van der Waals surface area contributed by atoms with E-state index < -0.39 is 0 Å². The third kappa shape index (κ3) is 4.79. The number of rotatable bonds is 7. The second-order valence-corrected chi connectivity index (χ2v) is 6.82. The van der Waals surface area contributed by atoms with Gasteiger partial charge in [-0.25, -0.2) is 9.67 Å². The molecule has 140 valence electrons. The topological polar surface area (TPSA) is 81.4 Å². The Balaban J connectivity index is 1.74. The summed E-state index contributed by atoms with van der Waals surface area (Å²) in [6, 6.07) is 6.06. The number of esters is 1. The molecule has 3 aromatic rings. The Labute approximate surface area is 161 Å².